The molecule has 7 nitrogen and oxygen atoms in total. The van der Waals surface area contributed by atoms with Crippen molar-refractivity contribution >= 4 is 5.91 Å². The molecular weight excluding hydrogens is 320 g/mol. The Morgan fingerprint density at radius 1 is 1.40 bits per heavy atom. The molecule has 3 heterocycles. The van der Waals surface area contributed by atoms with Crippen LogP contribution < -0.4 is 0 Å². The molecule has 0 spiro atoms. The zero-order chi connectivity index (χ0) is 17.6. The quantitative estimate of drug-likeness (QED) is 0.799. The van der Waals surface area contributed by atoms with Crippen LogP contribution >= 0.6 is 0 Å². The van der Waals surface area contributed by atoms with Gasteiger partial charge in [-0.1, -0.05) is 5.16 Å². The van der Waals surface area contributed by atoms with Crippen molar-refractivity contribution in [2.24, 2.45) is 0 Å². The van der Waals surface area contributed by atoms with E-state index >= 15 is 0 Å². The summed E-state index contributed by atoms with van der Waals surface area (Å²) in [5.74, 6) is 1.55. The second-order valence-electron chi connectivity index (χ2n) is 6.74. The standard InChI is InChI=1S/C18H26N4O3/c1-14-19-17(20-25-14)12-21(2)16-4-3-9-22(10-7-16)18(23)6-5-15-8-11-24-13-15/h8,11,13,16H,3-7,9-10,12H2,1-2H3. The highest BCUT2D eigenvalue weighted by atomic mass is 16.5. The zero-order valence-electron chi connectivity index (χ0n) is 15.0. The first-order chi connectivity index (χ1) is 12.1. The Labute approximate surface area is 148 Å². The van der Waals surface area contributed by atoms with Gasteiger partial charge in [-0.2, -0.15) is 4.98 Å². The van der Waals surface area contributed by atoms with E-state index in [1.807, 2.05) is 11.0 Å². The summed E-state index contributed by atoms with van der Waals surface area (Å²) in [7, 11) is 2.09. The molecule has 1 atom stereocenters. The van der Waals surface area contributed by atoms with Crippen molar-refractivity contribution in [3.8, 4) is 0 Å². The average molecular weight is 346 g/mol. The molecule has 1 fully saturated rings. The Kier molecular flexibility index (Phi) is 5.86. The monoisotopic (exact) mass is 346 g/mol. The van der Waals surface area contributed by atoms with Gasteiger partial charge in [0.1, 0.15) is 0 Å². The normalized spacial score (nSPS) is 18.5. The molecule has 7 heteroatoms. The maximum atomic E-state index is 12.5. The van der Waals surface area contributed by atoms with E-state index in [0.29, 0.717) is 24.9 Å². The fourth-order valence-electron chi connectivity index (χ4n) is 3.37. The summed E-state index contributed by atoms with van der Waals surface area (Å²) in [6.07, 6.45) is 7.73. The Bertz CT molecular complexity index is 668. The highest BCUT2D eigenvalue weighted by Crippen LogP contribution is 2.18. The van der Waals surface area contributed by atoms with Crippen molar-refractivity contribution in [3.05, 3.63) is 35.9 Å². The topological polar surface area (TPSA) is 75.6 Å². The molecule has 2 aromatic heterocycles. The van der Waals surface area contributed by atoms with E-state index in [1.54, 1.807) is 19.5 Å². The molecule has 1 aliphatic heterocycles. The molecule has 1 aliphatic rings. The first kappa shape index (κ1) is 17.7. The van der Waals surface area contributed by atoms with Gasteiger partial charge in [0.25, 0.3) is 0 Å². The summed E-state index contributed by atoms with van der Waals surface area (Å²) in [4.78, 5) is 21.0. The maximum Gasteiger partial charge on any atom is 0.223 e. The molecule has 25 heavy (non-hydrogen) atoms. The molecule has 0 N–H and O–H groups in total. The Morgan fingerprint density at radius 2 is 2.28 bits per heavy atom. The van der Waals surface area contributed by atoms with Gasteiger partial charge in [0, 0.05) is 32.5 Å². The fraction of sp³-hybridized carbons (Fsp3) is 0.611. The zero-order valence-corrected chi connectivity index (χ0v) is 15.0. The van der Waals surface area contributed by atoms with Gasteiger partial charge >= 0.3 is 0 Å². The van der Waals surface area contributed by atoms with Gasteiger partial charge in [0.15, 0.2) is 5.82 Å². The molecule has 136 valence electrons. The molecule has 0 aliphatic carbocycles. The van der Waals surface area contributed by atoms with Gasteiger partial charge in [-0.3, -0.25) is 9.69 Å². The fourth-order valence-corrected chi connectivity index (χ4v) is 3.37. The van der Waals surface area contributed by atoms with Crippen LogP contribution in [0.1, 0.15) is 43.0 Å². The van der Waals surface area contributed by atoms with Crippen molar-refractivity contribution in [2.45, 2.75) is 51.6 Å². The molecule has 1 unspecified atom stereocenters. The highest BCUT2D eigenvalue weighted by molar-refractivity contribution is 5.76. The number of furan rings is 1. The van der Waals surface area contributed by atoms with Crippen LogP contribution in [0.3, 0.4) is 0 Å². The highest BCUT2D eigenvalue weighted by Gasteiger charge is 2.23. The maximum absolute atomic E-state index is 12.5. The van der Waals surface area contributed by atoms with Gasteiger partial charge in [-0.15, -0.1) is 0 Å². The lowest BCUT2D eigenvalue weighted by Crippen LogP contribution is -2.35. The number of hydrogen-bond donors (Lipinski definition) is 0. The smallest absolute Gasteiger partial charge is 0.223 e. The van der Waals surface area contributed by atoms with Crippen LogP contribution in [0.15, 0.2) is 27.5 Å². The van der Waals surface area contributed by atoms with E-state index in [4.69, 9.17) is 8.94 Å². The SMILES string of the molecule is Cc1nc(CN(C)C2CCCN(C(=O)CCc3ccoc3)CC2)no1. The molecular formula is C18H26N4O3. The van der Waals surface area contributed by atoms with Crippen LogP contribution in [0, 0.1) is 6.92 Å². The van der Waals surface area contributed by atoms with Crippen LogP contribution in [0.5, 0.6) is 0 Å². The average Bonchev–Trinajstić information content (AvgIpc) is 3.18. The minimum atomic E-state index is 0.235. The van der Waals surface area contributed by atoms with Gasteiger partial charge in [0.2, 0.25) is 11.8 Å². The minimum Gasteiger partial charge on any atom is -0.472 e. The van der Waals surface area contributed by atoms with Gasteiger partial charge in [-0.25, -0.2) is 0 Å². The van der Waals surface area contributed by atoms with Crippen LogP contribution in [-0.4, -0.2) is 52.0 Å². The van der Waals surface area contributed by atoms with E-state index in [2.05, 4.69) is 22.1 Å². The van der Waals surface area contributed by atoms with Crippen molar-refractivity contribution in [1.29, 1.82) is 0 Å². The number of amides is 1. The minimum absolute atomic E-state index is 0.235. The van der Waals surface area contributed by atoms with Crippen LogP contribution in [0.4, 0.5) is 0 Å². The summed E-state index contributed by atoms with van der Waals surface area (Å²) in [6, 6.07) is 2.35. The lowest BCUT2D eigenvalue weighted by atomic mass is 10.1. The summed E-state index contributed by atoms with van der Waals surface area (Å²) in [6.45, 7) is 4.13. The third-order valence-corrected chi connectivity index (χ3v) is 4.84. The summed E-state index contributed by atoms with van der Waals surface area (Å²) in [5.41, 5.74) is 1.08. The van der Waals surface area contributed by atoms with Crippen LogP contribution in [0.25, 0.3) is 0 Å². The van der Waals surface area contributed by atoms with E-state index in [0.717, 1.165) is 50.2 Å². The molecule has 0 aromatic carbocycles. The third-order valence-electron chi connectivity index (χ3n) is 4.84. The largest absolute Gasteiger partial charge is 0.472 e. The number of hydrogen-bond acceptors (Lipinski definition) is 6. The molecule has 2 aromatic rings. The summed E-state index contributed by atoms with van der Waals surface area (Å²) < 4.78 is 10.1. The number of rotatable bonds is 6. The lowest BCUT2D eigenvalue weighted by Gasteiger charge is -2.26. The van der Waals surface area contributed by atoms with E-state index in [-0.39, 0.29) is 5.91 Å². The number of carbonyl (C=O) groups is 1. The van der Waals surface area contributed by atoms with E-state index in [9.17, 15) is 4.79 Å². The number of carbonyl (C=O) groups excluding carboxylic acids is 1. The predicted octanol–water partition coefficient (Wildman–Crippen LogP) is 2.42. The first-order valence-corrected chi connectivity index (χ1v) is 8.90. The van der Waals surface area contributed by atoms with Crippen LogP contribution in [0.2, 0.25) is 0 Å². The number of nitrogens with zero attached hydrogens (tertiary/aromatic N) is 4. The lowest BCUT2D eigenvalue weighted by molar-refractivity contribution is -0.131. The van der Waals surface area contributed by atoms with Gasteiger partial charge in [-0.05, 0) is 44.4 Å². The Hall–Kier alpha value is -2.15. The second-order valence-corrected chi connectivity index (χ2v) is 6.74. The van der Waals surface area contributed by atoms with E-state index in [1.165, 1.54) is 0 Å². The van der Waals surface area contributed by atoms with Crippen LogP contribution in [-0.2, 0) is 17.8 Å². The Balaban J connectivity index is 1.46. The van der Waals surface area contributed by atoms with Crippen molar-refractivity contribution < 1.29 is 13.7 Å². The molecule has 3 rings (SSSR count). The summed E-state index contributed by atoms with van der Waals surface area (Å²) >= 11 is 0. The van der Waals surface area contributed by atoms with Crippen molar-refractivity contribution in [2.75, 3.05) is 20.1 Å². The number of likely N-dealkylation sites (tertiary alicyclic amines) is 1. The third kappa shape index (κ3) is 4.92. The van der Waals surface area contributed by atoms with Crippen molar-refractivity contribution in [1.82, 2.24) is 19.9 Å². The van der Waals surface area contributed by atoms with Gasteiger partial charge < -0.3 is 13.8 Å². The predicted molar refractivity (Wildman–Crippen MR) is 91.8 cm³/mol. The van der Waals surface area contributed by atoms with E-state index < -0.39 is 0 Å². The second kappa shape index (κ2) is 8.29. The molecule has 0 saturated carbocycles. The summed E-state index contributed by atoms with van der Waals surface area (Å²) in [5, 5.41) is 3.97. The molecule has 0 radical (unpaired) electrons. The number of aromatic nitrogens is 2. The molecule has 1 saturated heterocycles. The Morgan fingerprint density at radius 3 is 3.00 bits per heavy atom. The van der Waals surface area contributed by atoms with Gasteiger partial charge in [0.05, 0.1) is 19.1 Å². The molecule has 1 amide bonds. The molecule has 0 bridgehead atoms. The number of aryl methyl sites for hydroxylation is 2. The first-order valence-electron chi connectivity index (χ1n) is 8.90. The van der Waals surface area contributed by atoms with Crippen molar-refractivity contribution in [3.63, 3.8) is 0 Å².